The second-order valence-electron chi connectivity index (χ2n) is 4.87. The van der Waals surface area contributed by atoms with E-state index in [1.54, 1.807) is 23.3 Å². The summed E-state index contributed by atoms with van der Waals surface area (Å²) >= 11 is 0. The number of aromatic nitrogens is 4. The topological polar surface area (TPSA) is 70.6 Å². The molecule has 0 aliphatic carbocycles. The molecule has 0 aliphatic heterocycles. The number of nitrogens with zero attached hydrogens (tertiary/aromatic N) is 6. The van der Waals surface area contributed by atoms with E-state index >= 15 is 0 Å². The molecule has 2 heterocycles. The molecular weight excluding hydrogens is 264 g/mol. The van der Waals surface area contributed by atoms with Crippen LogP contribution < -0.4 is 4.90 Å². The number of benzene rings is 1. The summed E-state index contributed by atoms with van der Waals surface area (Å²) < 4.78 is 1.73. The molecule has 0 aliphatic rings. The minimum atomic E-state index is 0.662. The molecule has 0 radical (unpaired) electrons. The fraction of sp³-hybridized carbons (Fsp3) is 0.200. The van der Waals surface area contributed by atoms with E-state index in [4.69, 9.17) is 5.26 Å². The minimum absolute atomic E-state index is 0.662. The quantitative estimate of drug-likeness (QED) is 0.731. The molecule has 0 atom stereocenters. The van der Waals surface area contributed by atoms with Crippen LogP contribution in [-0.2, 0) is 13.6 Å². The first kappa shape index (κ1) is 13.1. The SMILES string of the molecule is CN(Cc1cccc(C#N)c1)c1ncnc2c1cnn2C. The third-order valence-electron chi connectivity index (χ3n) is 3.35. The first-order valence-corrected chi connectivity index (χ1v) is 6.52. The summed E-state index contributed by atoms with van der Waals surface area (Å²) in [7, 11) is 3.82. The number of fused-ring (bicyclic) bond motifs is 1. The van der Waals surface area contributed by atoms with Crippen molar-refractivity contribution in [2.75, 3.05) is 11.9 Å². The van der Waals surface area contributed by atoms with Gasteiger partial charge < -0.3 is 4.90 Å². The molecule has 0 saturated carbocycles. The second-order valence-corrected chi connectivity index (χ2v) is 4.87. The Labute approximate surface area is 122 Å². The molecule has 0 unspecified atom stereocenters. The molecule has 2 aromatic heterocycles. The zero-order chi connectivity index (χ0) is 14.8. The fourth-order valence-electron chi connectivity index (χ4n) is 2.34. The third kappa shape index (κ3) is 2.41. The van der Waals surface area contributed by atoms with E-state index in [2.05, 4.69) is 21.1 Å². The van der Waals surface area contributed by atoms with Crippen molar-refractivity contribution in [1.82, 2.24) is 19.7 Å². The normalized spacial score (nSPS) is 10.5. The Hall–Kier alpha value is -2.94. The van der Waals surface area contributed by atoms with Crippen LogP contribution in [0.5, 0.6) is 0 Å². The molecule has 0 bridgehead atoms. The molecule has 0 amide bonds. The van der Waals surface area contributed by atoms with Gasteiger partial charge in [-0.25, -0.2) is 9.97 Å². The van der Waals surface area contributed by atoms with Crippen molar-refractivity contribution >= 4 is 16.9 Å². The van der Waals surface area contributed by atoms with E-state index in [9.17, 15) is 0 Å². The number of nitriles is 1. The molecule has 0 spiro atoms. The summed E-state index contributed by atoms with van der Waals surface area (Å²) in [4.78, 5) is 10.6. The maximum atomic E-state index is 8.96. The van der Waals surface area contributed by atoms with Gasteiger partial charge in [-0.1, -0.05) is 12.1 Å². The number of hydrogen-bond acceptors (Lipinski definition) is 5. The molecule has 6 nitrogen and oxygen atoms in total. The van der Waals surface area contributed by atoms with Gasteiger partial charge in [0.1, 0.15) is 12.1 Å². The molecule has 0 N–H and O–H groups in total. The van der Waals surface area contributed by atoms with Gasteiger partial charge in [0.05, 0.1) is 23.2 Å². The lowest BCUT2D eigenvalue weighted by Gasteiger charge is -2.18. The van der Waals surface area contributed by atoms with Crippen LogP contribution in [0, 0.1) is 11.3 Å². The van der Waals surface area contributed by atoms with Gasteiger partial charge in [-0.3, -0.25) is 4.68 Å². The third-order valence-corrected chi connectivity index (χ3v) is 3.35. The number of rotatable bonds is 3. The van der Waals surface area contributed by atoms with E-state index in [-0.39, 0.29) is 0 Å². The highest BCUT2D eigenvalue weighted by atomic mass is 15.3. The second kappa shape index (κ2) is 5.21. The zero-order valence-corrected chi connectivity index (χ0v) is 11.9. The van der Waals surface area contributed by atoms with Crippen molar-refractivity contribution in [3.8, 4) is 6.07 Å². The molecule has 104 valence electrons. The lowest BCUT2D eigenvalue weighted by molar-refractivity contribution is 0.785. The smallest absolute Gasteiger partial charge is 0.163 e. The van der Waals surface area contributed by atoms with Crippen LogP contribution in [0.3, 0.4) is 0 Å². The van der Waals surface area contributed by atoms with Crippen LogP contribution >= 0.6 is 0 Å². The van der Waals surface area contributed by atoms with Crippen molar-refractivity contribution in [2.45, 2.75) is 6.54 Å². The van der Waals surface area contributed by atoms with Crippen LogP contribution in [0.25, 0.3) is 11.0 Å². The maximum absolute atomic E-state index is 8.96. The standard InChI is InChI=1S/C15H14N6/c1-20(9-12-5-3-4-11(6-12)7-16)14-13-8-19-21(2)15(13)18-10-17-14/h3-6,8,10H,9H2,1-2H3. The fourth-order valence-corrected chi connectivity index (χ4v) is 2.34. The Bertz CT molecular complexity index is 830. The molecule has 0 fully saturated rings. The van der Waals surface area contributed by atoms with Gasteiger partial charge in [-0.05, 0) is 17.7 Å². The van der Waals surface area contributed by atoms with E-state index < -0.39 is 0 Å². The Balaban J connectivity index is 1.93. The van der Waals surface area contributed by atoms with Crippen LogP contribution in [0.15, 0.2) is 36.8 Å². The van der Waals surface area contributed by atoms with Crippen LogP contribution in [0.2, 0.25) is 0 Å². The molecule has 6 heteroatoms. The maximum Gasteiger partial charge on any atom is 0.163 e. The average molecular weight is 278 g/mol. The zero-order valence-electron chi connectivity index (χ0n) is 11.9. The molecule has 21 heavy (non-hydrogen) atoms. The highest BCUT2D eigenvalue weighted by Crippen LogP contribution is 2.22. The molecule has 3 rings (SSSR count). The Kier molecular flexibility index (Phi) is 3.24. The van der Waals surface area contributed by atoms with E-state index in [0.717, 1.165) is 22.4 Å². The summed E-state index contributed by atoms with van der Waals surface area (Å²) in [5, 5.41) is 14.1. The number of hydrogen-bond donors (Lipinski definition) is 0. The Morgan fingerprint density at radius 1 is 1.33 bits per heavy atom. The van der Waals surface area contributed by atoms with Crippen LogP contribution in [-0.4, -0.2) is 26.8 Å². The van der Waals surface area contributed by atoms with Gasteiger partial charge in [0.25, 0.3) is 0 Å². The molecular formula is C15H14N6. The van der Waals surface area contributed by atoms with Crippen molar-refractivity contribution in [2.24, 2.45) is 7.05 Å². The molecule has 1 aromatic carbocycles. The van der Waals surface area contributed by atoms with E-state index in [0.29, 0.717) is 12.1 Å². The van der Waals surface area contributed by atoms with Crippen LogP contribution in [0.1, 0.15) is 11.1 Å². The van der Waals surface area contributed by atoms with Gasteiger partial charge in [0.15, 0.2) is 5.65 Å². The lowest BCUT2D eigenvalue weighted by atomic mass is 10.1. The predicted molar refractivity (Wildman–Crippen MR) is 79.6 cm³/mol. The highest BCUT2D eigenvalue weighted by molar-refractivity contribution is 5.86. The van der Waals surface area contributed by atoms with E-state index in [1.165, 1.54) is 0 Å². The van der Waals surface area contributed by atoms with Crippen molar-refractivity contribution in [3.05, 3.63) is 47.9 Å². The molecule has 0 saturated heterocycles. The Morgan fingerprint density at radius 3 is 3.00 bits per heavy atom. The molecule has 3 aromatic rings. The average Bonchev–Trinajstić information content (AvgIpc) is 2.89. The van der Waals surface area contributed by atoms with Crippen molar-refractivity contribution in [1.29, 1.82) is 5.26 Å². The van der Waals surface area contributed by atoms with Crippen LogP contribution in [0.4, 0.5) is 5.82 Å². The van der Waals surface area contributed by atoms with Gasteiger partial charge in [-0.15, -0.1) is 0 Å². The van der Waals surface area contributed by atoms with Gasteiger partial charge >= 0.3 is 0 Å². The minimum Gasteiger partial charge on any atom is -0.355 e. The van der Waals surface area contributed by atoms with E-state index in [1.807, 2.05) is 37.2 Å². The number of anilines is 1. The van der Waals surface area contributed by atoms with Gasteiger partial charge in [0.2, 0.25) is 0 Å². The van der Waals surface area contributed by atoms with Gasteiger partial charge in [-0.2, -0.15) is 10.4 Å². The first-order chi connectivity index (χ1) is 10.2. The monoisotopic (exact) mass is 278 g/mol. The highest BCUT2D eigenvalue weighted by Gasteiger charge is 2.12. The summed E-state index contributed by atoms with van der Waals surface area (Å²) in [6.45, 7) is 0.663. The largest absolute Gasteiger partial charge is 0.355 e. The lowest BCUT2D eigenvalue weighted by Crippen LogP contribution is -2.18. The first-order valence-electron chi connectivity index (χ1n) is 6.52. The summed E-state index contributed by atoms with van der Waals surface area (Å²) in [5.41, 5.74) is 2.53. The predicted octanol–water partition coefficient (Wildman–Crippen LogP) is 1.87. The van der Waals surface area contributed by atoms with Gasteiger partial charge in [0, 0.05) is 20.6 Å². The Morgan fingerprint density at radius 2 is 2.19 bits per heavy atom. The van der Waals surface area contributed by atoms with Crippen molar-refractivity contribution in [3.63, 3.8) is 0 Å². The summed E-state index contributed by atoms with van der Waals surface area (Å²) in [5.74, 6) is 0.829. The number of aryl methyl sites for hydroxylation is 1. The van der Waals surface area contributed by atoms with Crippen molar-refractivity contribution < 1.29 is 0 Å². The summed E-state index contributed by atoms with van der Waals surface area (Å²) in [6.07, 6.45) is 3.31. The summed E-state index contributed by atoms with van der Waals surface area (Å²) in [6, 6.07) is 9.73.